The highest BCUT2D eigenvalue weighted by atomic mass is 16.1. The summed E-state index contributed by atoms with van der Waals surface area (Å²) in [5, 5.41) is 11.7. The summed E-state index contributed by atoms with van der Waals surface area (Å²) >= 11 is 0. The lowest BCUT2D eigenvalue weighted by molar-refractivity contribution is -0.125. The second kappa shape index (κ2) is 3.25. The summed E-state index contributed by atoms with van der Waals surface area (Å²) in [7, 11) is 0. The molecule has 2 fully saturated rings. The van der Waals surface area contributed by atoms with Crippen LogP contribution in [-0.2, 0) is 4.79 Å². The molecule has 0 aliphatic carbocycles. The van der Waals surface area contributed by atoms with Gasteiger partial charge in [0.2, 0.25) is 5.91 Å². The third-order valence-corrected chi connectivity index (χ3v) is 2.96. The maximum Gasteiger partial charge on any atom is 0.220 e. The molecular weight excluding hydrogens is 166 g/mol. The van der Waals surface area contributed by atoms with Gasteiger partial charge in [-0.15, -0.1) is 0 Å². The average Bonchev–Trinajstić information content (AvgIpc) is 2.17. The van der Waals surface area contributed by atoms with Crippen LogP contribution in [0.1, 0.15) is 19.3 Å². The van der Waals surface area contributed by atoms with Gasteiger partial charge in [-0.2, -0.15) is 5.26 Å². The highest BCUT2D eigenvalue weighted by molar-refractivity contribution is 5.77. The molecule has 4 heteroatoms. The third-order valence-electron chi connectivity index (χ3n) is 2.96. The highest BCUT2D eigenvalue weighted by Gasteiger charge is 2.33. The molecule has 2 unspecified atom stereocenters. The lowest BCUT2D eigenvalue weighted by Gasteiger charge is -2.39. The lowest BCUT2D eigenvalue weighted by atomic mass is 9.85. The second-order valence-electron chi connectivity index (χ2n) is 3.81. The Kier molecular flexibility index (Phi) is 2.09. The minimum absolute atomic E-state index is 0.173. The summed E-state index contributed by atoms with van der Waals surface area (Å²) in [6.07, 6.45) is 4.65. The van der Waals surface area contributed by atoms with Gasteiger partial charge in [0, 0.05) is 25.6 Å². The molecule has 2 rings (SSSR count). The number of nitriles is 1. The number of carbonyl (C=O) groups is 1. The van der Waals surface area contributed by atoms with Gasteiger partial charge in [0.15, 0.2) is 6.19 Å². The van der Waals surface area contributed by atoms with E-state index in [1.54, 1.807) is 4.90 Å². The van der Waals surface area contributed by atoms with E-state index in [0.717, 1.165) is 25.9 Å². The van der Waals surface area contributed by atoms with Gasteiger partial charge in [-0.25, -0.2) is 0 Å². The second-order valence-corrected chi connectivity index (χ2v) is 3.81. The van der Waals surface area contributed by atoms with E-state index in [4.69, 9.17) is 5.26 Å². The van der Waals surface area contributed by atoms with Crippen LogP contribution in [-0.4, -0.2) is 29.9 Å². The van der Waals surface area contributed by atoms with Gasteiger partial charge in [0.25, 0.3) is 0 Å². The van der Waals surface area contributed by atoms with Crippen molar-refractivity contribution in [2.75, 3.05) is 13.1 Å². The molecule has 0 radical (unpaired) electrons. The normalized spacial score (nSPS) is 33.2. The predicted octanol–water partition coefficient (Wildman–Crippen LogP) is 0.0680. The van der Waals surface area contributed by atoms with Crippen molar-refractivity contribution in [3.05, 3.63) is 0 Å². The largest absolute Gasteiger partial charge is 0.353 e. The fourth-order valence-electron chi connectivity index (χ4n) is 2.20. The van der Waals surface area contributed by atoms with Crippen LogP contribution < -0.4 is 5.32 Å². The van der Waals surface area contributed by atoms with Crippen LogP contribution in [0.5, 0.6) is 0 Å². The average molecular weight is 179 g/mol. The summed E-state index contributed by atoms with van der Waals surface area (Å²) < 4.78 is 0. The van der Waals surface area contributed by atoms with Crippen molar-refractivity contribution >= 4 is 5.91 Å². The molecule has 0 spiro atoms. The molecule has 70 valence electrons. The van der Waals surface area contributed by atoms with Gasteiger partial charge in [0.1, 0.15) is 0 Å². The monoisotopic (exact) mass is 179 g/mol. The summed E-state index contributed by atoms with van der Waals surface area (Å²) in [5.41, 5.74) is 0. The Hall–Kier alpha value is -1.24. The summed E-state index contributed by atoms with van der Waals surface area (Å²) in [4.78, 5) is 12.9. The first-order chi connectivity index (χ1) is 6.29. The predicted molar refractivity (Wildman–Crippen MR) is 46.5 cm³/mol. The van der Waals surface area contributed by atoms with Crippen molar-refractivity contribution in [3.8, 4) is 6.19 Å². The Morgan fingerprint density at radius 2 is 2.38 bits per heavy atom. The maximum atomic E-state index is 11.1. The summed E-state index contributed by atoms with van der Waals surface area (Å²) in [5.74, 6) is 0.665. The maximum absolute atomic E-state index is 11.1. The van der Waals surface area contributed by atoms with Gasteiger partial charge in [-0.3, -0.25) is 4.79 Å². The van der Waals surface area contributed by atoms with Crippen molar-refractivity contribution in [1.29, 1.82) is 5.26 Å². The highest BCUT2D eigenvalue weighted by Crippen LogP contribution is 2.24. The van der Waals surface area contributed by atoms with Crippen molar-refractivity contribution in [2.24, 2.45) is 5.92 Å². The van der Waals surface area contributed by atoms with Gasteiger partial charge in [0.05, 0.1) is 0 Å². The topological polar surface area (TPSA) is 56.1 Å². The molecule has 2 saturated heterocycles. The quantitative estimate of drug-likeness (QED) is 0.535. The number of fused-ring (bicyclic) bond motifs is 1. The Morgan fingerprint density at radius 3 is 3.15 bits per heavy atom. The van der Waals surface area contributed by atoms with Gasteiger partial charge < -0.3 is 10.2 Å². The molecule has 13 heavy (non-hydrogen) atoms. The fourth-order valence-corrected chi connectivity index (χ4v) is 2.20. The van der Waals surface area contributed by atoms with Gasteiger partial charge in [-0.05, 0) is 18.8 Å². The minimum Gasteiger partial charge on any atom is -0.353 e. The first-order valence-electron chi connectivity index (χ1n) is 4.73. The number of nitrogens with zero attached hydrogens (tertiary/aromatic N) is 2. The SMILES string of the molecule is N#CN1CCC2NC(=O)CCC2C1. The van der Waals surface area contributed by atoms with E-state index in [0.29, 0.717) is 18.4 Å². The van der Waals surface area contributed by atoms with Crippen LogP contribution in [0.4, 0.5) is 0 Å². The zero-order valence-corrected chi connectivity index (χ0v) is 7.49. The van der Waals surface area contributed by atoms with Crippen LogP contribution in [0.2, 0.25) is 0 Å². The van der Waals surface area contributed by atoms with Crippen LogP contribution in [0.25, 0.3) is 0 Å². The summed E-state index contributed by atoms with van der Waals surface area (Å²) in [6, 6.07) is 0.325. The van der Waals surface area contributed by atoms with Crippen LogP contribution in [0, 0.1) is 17.4 Å². The number of hydrogen-bond donors (Lipinski definition) is 1. The Morgan fingerprint density at radius 1 is 1.54 bits per heavy atom. The van der Waals surface area contributed by atoms with E-state index >= 15 is 0 Å². The first-order valence-corrected chi connectivity index (χ1v) is 4.73. The third kappa shape index (κ3) is 1.59. The molecule has 2 aliphatic rings. The Labute approximate surface area is 77.5 Å². The molecule has 0 aromatic carbocycles. The number of piperidine rings is 2. The van der Waals surface area contributed by atoms with Crippen LogP contribution in [0.3, 0.4) is 0 Å². The van der Waals surface area contributed by atoms with Crippen LogP contribution >= 0.6 is 0 Å². The number of hydrogen-bond acceptors (Lipinski definition) is 3. The Balaban J connectivity index is 1.98. The molecule has 1 N–H and O–H groups in total. The molecule has 2 aliphatic heterocycles. The molecule has 4 nitrogen and oxygen atoms in total. The molecule has 2 atom stereocenters. The van der Waals surface area contributed by atoms with Crippen molar-refractivity contribution in [2.45, 2.75) is 25.3 Å². The number of likely N-dealkylation sites (tertiary alicyclic amines) is 1. The van der Waals surface area contributed by atoms with Crippen LogP contribution in [0.15, 0.2) is 0 Å². The number of rotatable bonds is 0. The lowest BCUT2D eigenvalue weighted by Crippen LogP contribution is -2.52. The van der Waals surface area contributed by atoms with Crippen molar-refractivity contribution in [3.63, 3.8) is 0 Å². The number of carbonyl (C=O) groups excluding carboxylic acids is 1. The van der Waals surface area contributed by atoms with E-state index in [2.05, 4.69) is 11.5 Å². The molecule has 0 saturated carbocycles. The van der Waals surface area contributed by atoms with E-state index in [1.807, 2.05) is 0 Å². The van der Waals surface area contributed by atoms with E-state index in [1.165, 1.54) is 0 Å². The van der Waals surface area contributed by atoms with E-state index in [-0.39, 0.29) is 5.91 Å². The summed E-state index contributed by atoms with van der Waals surface area (Å²) in [6.45, 7) is 1.61. The van der Waals surface area contributed by atoms with Gasteiger partial charge >= 0.3 is 0 Å². The molecule has 0 aromatic rings. The van der Waals surface area contributed by atoms with E-state index in [9.17, 15) is 4.79 Å². The molecular formula is C9H13N3O. The smallest absolute Gasteiger partial charge is 0.220 e. The molecule has 0 aromatic heterocycles. The molecule has 2 heterocycles. The standard InChI is InChI=1S/C9H13N3O/c10-6-12-4-3-8-7(5-12)1-2-9(13)11-8/h7-8H,1-5H2,(H,11,13). The van der Waals surface area contributed by atoms with Gasteiger partial charge in [-0.1, -0.05) is 0 Å². The number of amides is 1. The zero-order chi connectivity index (χ0) is 9.26. The molecule has 1 amide bonds. The minimum atomic E-state index is 0.173. The Bertz CT molecular complexity index is 258. The molecule has 0 bridgehead atoms. The van der Waals surface area contributed by atoms with Crippen molar-refractivity contribution < 1.29 is 4.79 Å². The first kappa shape index (κ1) is 8.36. The van der Waals surface area contributed by atoms with E-state index < -0.39 is 0 Å². The fraction of sp³-hybridized carbons (Fsp3) is 0.778. The zero-order valence-electron chi connectivity index (χ0n) is 7.49. The van der Waals surface area contributed by atoms with Crippen molar-refractivity contribution in [1.82, 2.24) is 10.2 Å². The number of nitrogens with one attached hydrogen (secondary N) is 1.